The fraction of sp³-hybridized carbons (Fsp3) is 0.238. The largest absolute Gasteiger partial charge is 0.326 e. The highest BCUT2D eigenvalue weighted by molar-refractivity contribution is 8.01. The molecule has 33 heavy (non-hydrogen) atoms. The van der Waals surface area contributed by atoms with Crippen molar-refractivity contribution in [2.75, 3.05) is 16.4 Å². The summed E-state index contributed by atoms with van der Waals surface area (Å²) in [6, 6.07) is 11.9. The van der Waals surface area contributed by atoms with Crippen LogP contribution in [0.15, 0.2) is 57.8 Å². The fourth-order valence-electron chi connectivity index (χ4n) is 3.29. The highest BCUT2D eigenvalue weighted by Gasteiger charge is 2.29. The molecular formula is C21H21N5O4S3. The third-order valence-electron chi connectivity index (χ3n) is 4.85. The van der Waals surface area contributed by atoms with Gasteiger partial charge in [-0.05, 0) is 41.5 Å². The standard InChI is InChI=1S/C21H21N5O4S3/c1-2-31-21-25-24-20(32-21)23-19(28)18(13-6-4-3-5-7-13)26-33(29,30)15-9-10-16-14(12-15)8-11-17(27)22-16/h3-7,9-10,12,18,26H,2,8,11H2,1H3,(H,22,27)(H,23,24,28). The van der Waals surface area contributed by atoms with Gasteiger partial charge in [0.15, 0.2) is 4.34 Å². The van der Waals surface area contributed by atoms with Crippen molar-refractivity contribution in [1.29, 1.82) is 0 Å². The molecule has 0 bridgehead atoms. The van der Waals surface area contributed by atoms with Gasteiger partial charge >= 0.3 is 0 Å². The number of aromatic nitrogens is 2. The lowest BCUT2D eigenvalue weighted by Crippen LogP contribution is -2.37. The smallest absolute Gasteiger partial charge is 0.248 e. The van der Waals surface area contributed by atoms with Crippen LogP contribution in [-0.4, -0.2) is 36.2 Å². The summed E-state index contributed by atoms with van der Waals surface area (Å²) in [5.41, 5.74) is 1.81. The summed E-state index contributed by atoms with van der Waals surface area (Å²) >= 11 is 2.73. The highest BCUT2D eigenvalue weighted by Crippen LogP contribution is 2.28. The van der Waals surface area contributed by atoms with E-state index in [1.165, 1.54) is 35.2 Å². The molecule has 2 amide bonds. The topological polar surface area (TPSA) is 130 Å². The number of sulfonamides is 1. The van der Waals surface area contributed by atoms with Crippen LogP contribution in [0.4, 0.5) is 10.8 Å². The molecule has 1 aromatic heterocycles. The number of nitrogens with one attached hydrogen (secondary N) is 3. The molecule has 172 valence electrons. The highest BCUT2D eigenvalue weighted by atomic mass is 32.2. The van der Waals surface area contributed by atoms with Crippen molar-refractivity contribution in [3.63, 3.8) is 0 Å². The number of carbonyl (C=O) groups is 2. The number of carbonyl (C=O) groups excluding carboxylic acids is 2. The van der Waals surface area contributed by atoms with Crippen LogP contribution in [0.1, 0.15) is 30.5 Å². The van der Waals surface area contributed by atoms with E-state index >= 15 is 0 Å². The first-order chi connectivity index (χ1) is 15.9. The van der Waals surface area contributed by atoms with E-state index in [0.29, 0.717) is 33.6 Å². The van der Waals surface area contributed by atoms with Crippen LogP contribution in [0.2, 0.25) is 0 Å². The van der Waals surface area contributed by atoms with Crippen molar-refractivity contribution in [1.82, 2.24) is 14.9 Å². The summed E-state index contributed by atoms with van der Waals surface area (Å²) < 4.78 is 29.6. The lowest BCUT2D eigenvalue weighted by atomic mass is 10.0. The lowest BCUT2D eigenvalue weighted by molar-refractivity contribution is -0.118. The molecule has 0 aliphatic carbocycles. The van der Waals surface area contributed by atoms with E-state index in [2.05, 4.69) is 25.6 Å². The van der Waals surface area contributed by atoms with Crippen molar-refractivity contribution in [3.05, 3.63) is 59.7 Å². The number of aryl methyl sites for hydroxylation is 1. The Morgan fingerprint density at radius 3 is 2.73 bits per heavy atom. The van der Waals surface area contributed by atoms with Gasteiger partial charge in [-0.2, -0.15) is 4.72 Å². The summed E-state index contributed by atoms with van der Waals surface area (Å²) in [5, 5.41) is 13.7. The van der Waals surface area contributed by atoms with Gasteiger partial charge < -0.3 is 5.32 Å². The molecule has 1 aliphatic rings. The van der Waals surface area contributed by atoms with E-state index in [-0.39, 0.29) is 10.8 Å². The molecule has 2 aromatic carbocycles. The van der Waals surface area contributed by atoms with E-state index in [4.69, 9.17) is 0 Å². The van der Waals surface area contributed by atoms with E-state index in [1.54, 1.807) is 36.4 Å². The van der Waals surface area contributed by atoms with Gasteiger partial charge in [-0.25, -0.2) is 8.42 Å². The Morgan fingerprint density at radius 2 is 1.97 bits per heavy atom. The number of anilines is 2. The monoisotopic (exact) mass is 503 g/mol. The Balaban J connectivity index is 1.59. The van der Waals surface area contributed by atoms with Crippen LogP contribution < -0.4 is 15.4 Å². The van der Waals surface area contributed by atoms with Crippen molar-refractivity contribution < 1.29 is 18.0 Å². The molecule has 4 rings (SSSR count). The van der Waals surface area contributed by atoms with Crippen LogP contribution in [0.25, 0.3) is 0 Å². The second-order valence-corrected chi connectivity index (χ2v) is 11.3. The predicted octanol–water partition coefficient (Wildman–Crippen LogP) is 3.19. The minimum Gasteiger partial charge on any atom is -0.326 e. The van der Waals surface area contributed by atoms with Crippen LogP contribution >= 0.6 is 23.1 Å². The molecule has 1 atom stereocenters. The van der Waals surface area contributed by atoms with Crippen molar-refractivity contribution >= 4 is 55.8 Å². The maximum atomic E-state index is 13.2. The van der Waals surface area contributed by atoms with Gasteiger partial charge in [-0.15, -0.1) is 10.2 Å². The second-order valence-electron chi connectivity index (χ2n) is 7.13. The molecular weight excluding hydrogens is 482 g/mol. The zero-order chi connectivity index (χ0) is 23.4. The Bertz CT molecular complexity index is 1280. The molecule has 0 spiro atoms. The first-order valence-electron chi connectivity index (χ1n) is 10.1. The van der Waals surface area contributed by atoms with Crippen LogP contribution in [0, 0.1) is 0 Å². The van der Waals surface area contributed by atoms with E-state index < -0.39 is 22.0 Å². The molecule has 2 heterocycles. The van der Waals surface area contributed by atoms with Gasteiger partial charge in [-0.3, -0.25) is 14.9 Å². The number of amides is 2. The summed E-state index contributed by atoms with van der Waals surface area (Å²) in [6.45, 7) is 1.99. The number of fused-ring (bicyclic) bond motifs is 1. The van der Waals surface area contributed by atoms with Gasteiger partial charge in [0.05, 0.1) is 4.90 Å². The molecule has 0 radical (unpaired) electrons. The number of hydrogen-bond acceptors (Lipinski definition) is 8. The number of rotatable bonds is 8. The molecule has 1 aliphatic heterocycles. The van der Waals surface area contributed by atoms with Gasteiger partial charge in [-0.1, -0.05) is 60.4 Å². The van der Waals surface area contributed by atoms with Gasteiger partial charge in [0.2, 0.25) is 27.0 Å². The summed E-state index contributed by atoms with van der Waals surface area (Å²) in [5.74, 6) is 0.146. The van der Waals surface area contributed by atoms with E-state index in [0.717, 1.165) is 11.3 Å². The Hall–Kier alpha value is -2.80. The van der Waals surface area contributed by atoms with Gasteiger partial charge in [0.1, 0.15) is 6.04 Å². The molecule has 3 N–H and O–H groups in total. The second kappa shape index (κ2) is 10.00. The maximum Gasteiger partial charge on any atom is 0.248 e. The van der Waals surface area contributed by atoms with E-state index in [9.17, 15) is 18.0 Å². The lowest BCUT2D eigenvalue weighted by Gasteiger charge is -2.20. The molecule has 12 heteroatoms. The van der Waals surface area contributed by atoms with Crippen LogP contribution in [0.5, 0.6) is 0 Å². The molecule has 1 unspecified atom stereocenters. The minimum absolute atomic E-state index is 0.0173. The van der Waals surface area contributed by atoms with Crippen molar-refractivity contribution in [3.8, 4) is 0 Å². The fourth-order valence-corrected chi connectivity index (χ4v) is 6.17. The minimum atomic E-state index is -4.06. The molecule has 0 saturated heterocycles. The quantitative estimate of drug-likeness (QED) is 0.318. The first-order valence-corrected chi connectivity index (χ1v) is 13.4. The zero-order valence-electron chi connectivity index (χ0n) is 17.6. The molecule has 0 saturated carbocycles. The van der Waals surface area contributed by atoms with Crippen LogP contribution in [-0.2, 0) is 26.0 Å². The number of thioether (sulfide) groups is 1. The summed E-state index contributed by atoms with van der Waals surface area (Å²) in [7, 11) is -4.06. The van der Waals surface area contributed by atoms with Crippen LogP contribution in [0.3, 0.4) is 0 Å². The van der Waals surface area contributed by atoms with Gasteiger partial charge in [0.25, 0.3) is 0 Å². The molecule has 3 aromatic rings. The first kappa shape index (κ1) is 23.4. The van der Waals surface area contributed by atoms with Gasteiger partial charge in [0, 0.05) is 12.1 Å². The number of hydrogen-bond donors (Lipinski definition) is 3. The third kappa shape index (κ3) is 5.58. The number of nitrogens with zero attached hydrogens (tertiary/aromatic N) is 2. The third-order valence-corrected chi connectivity index (χ3v) is 8.13. The Kier molecular flexibility index (Phi) is 7.08. The van der Waals surface area contributed by atoms with Crippen molar-refractivity contribution in [2.45, 2.75) is 35.0 Å². The predicted molar refractivity (Wildman–Crippen MR) is 128 cm³/mol. The molecule has 0 fully saturated rings. The SMILES string of the molecule is CCSc1nnc(NC(=O)C(NS(=O)(=O)c2ccc3c(c2)CCC(=O)N3)c2ccccc2)s1. The zero-order valence-corrected chi connectivity index (χ0v) is 20.0. The maximum absolute atomic E-state index is 13.2. The van der Waals surface area contributed by atoms with Crippen molar-refractivity contribution in [2.24, 2.45) is 0 Å². The summed E-state index contributed by atoms with van der Waals surface area (Å²) in [6.07, 6.45) is 0.738. The summed E-state index contributed by atoms with van der Waals surface area (Å²) in [4.78, 5) is 24.7. The average molecular weight is 504 g/mol. The number of benzene rings is 2. The Labute approximate surface area is 199 Å². The Morgan fingerprint density at radius 1 is 1.18 bits per heavy atom. The normalized spacial score (nSPS) is 14.3. The molecule has 9 nitrogen and oxygen atoms in total. The van der Waals surface area contributed by atoms with E-state index in [1.807, 2.05) is 6.92 Å². The average Bonchev–Trinajstić information content (AvgIpc) is 3.24.